The molecule has 3 nitrogen and oxygen atoms in total. The minimum absolute atomic E-state index is 0.210. The van der Waals surface area contributed by atoms with E-state index in [1.165, 1.54) is 62.7 Å². The predicted octanol–water partition coefficient (Wildman–Crippen LogP) is 4.68. The van der Waals surface area contributed by atoms with E-state index in [2.05, 4.69) is 56.1 Å². The number of benzene rings is 1. The summed E-state index contributed by atoms with van der Waals surface area (Å²) in [7, 11) is 0. The zero-order valence-corrected chi connectivity index (χ0v) is 18.0. The molecule has 1 aliphatic carbocycles. The Morgan fingerprint density at radius 1 is 1.15 bits per heavy atom. The quantitative estimate of drug-likeness (QED) is 0.752. The summed E-state index contributed by atoms with van der Waals surface area (Å²) in [5.74, 6) is 2.57. The first-order chi connectivity index (χ1) is 12.9. The van der Waals surface area contributed by atoms with E-state index >= 15 is 0 Å². The molecule has 2 atom stereocenters. The first-order valence-electron chi connectivity index (χ1n) is 11.1. The molecule has 152 valence electrons. The first-order valence-corrected chi connectivity index (χ1v) is 11.1. The Labute approximate surface area is 166 Å². The number of hydrogen-bond acceptors (Lipinski definition) is 3. The molecule has 1 N–H and O–H groups in total. The van der Waals surface area contributed by atoms with E-state index in [0.29, 0.717) is 0 Å². The molecule has 1 fully saturated rings. The second-order valence-corrected chi connectivity index (χ2v) is 9.79. The van der Waals surface area contributed by atoms with Crippen LogP contribution in [0.4, 0.5) is 0 Å². The zero-order chi connectivity index (χ0) is 19.3. The van der Waals surface area contributed by atoms with Crippen LogP contribution < -0.4 is 10.1 Å². The van der Waals surface area contributed by atoms with Crippen molar-refractivity contribution in [1.29, 1.82) is 0 Å². The van der Waals surface area contributed by atoms with Crippen LogP contribution >= 0.6 is 0 Å². The Hall–Kier alpha value is -1.06. The Morgan fingerprint density at radius 3 is 2.67 bits per heavy atom. The van der Waals surface area contributed by atoms with E-state index in [4.69, 9.17) is 4.74 Å². The van der Waals surface area contributed by atoms with E-state index in [0.717, 1.165) is 37.3 Å². The van der Waals surface area contributed by atoms with Gasteiger partial charge in [0, 0.05) is 12.1 Å². The van der Waals surface area contributed by atoms with E-state index in [9.17, 15) is 0 Å². The second-order valence-electron chi connectivity index (χ2n) is 9.79. The number of hydrogen-bond donors (Lipinski definition) is 1. The largest absolute Gasteiger partial charge is 0.492 e. The fourth-order valence-electron chi connectivity index (χ4n) is 4.44. The molecule has 0 bridgehead atoms. The van der Waals surface area contributed by atoms with Crippen LogP contribution in [0.15, 0.2) is 18.2 Å². The van der Waals surface area contributed by atoms with Crippen molar-refractivity contribution in [2.75, 3.05) is 32.8 Å². The van der Waals surface area contributed by atoms with Crippen molar-refractivity contribution >= 4 is 0 Å². The topological polar surface area (TPSA) is 24.5 Å². The number of rotatable bonds is 7. The average molecular weight is 373 g/mol. The molecule has 3 rings (SSSR count). The molecule has 1 saturated heterocycles. The average Bonchev–Trinajstić information content (AvgIpc) is 2.66. The van der Waals surface area contributed by atoms with Gasteiger partial charge in [0.05, 0.1) is 0 Å². The molecule has 0 saturated carbocycles. The lowest BCUT2D eigenvalue weighted by Crippen LogP contribution is -2.40. The number of ether oxygens (including phenoxy) is 1. The highest BCUT2D eigenvalue weighted by Crippen LogP contribution is 2.32. The van der Waals surface area contributed by atoms with Crippen molar-refractivity contribution in [3.63, 3.8) is 0 Å². The zero-order valence-electron chi connectivity index (χ0n) is 18.0. The molecule has 1 heterocycles. The lowest BCUT2D eigenvalue weighted by molar-refractivity contribution is 0.183. The van der Waals surface area contributed by atoms with Gasteiger partial charge in [0.15, 0.2) is 0 Å². The maximum Gasteiger partial charge on any atom is 0.119 e. The van der Waals surface area contributed by atoms with Gasteiger partial charge in [0.25, 0.3) is 0 Å². The van der Waals surface area contributed by atoms with E-state index < -0.39 is 0 Å². The Bertz CT molecular complexity index is 587. The number of nitrogens with one attached hydrogen (secondary N) is 1. The van der Waals surface area contributed by atoms with Crippen LogP contribution in [0.25, 0.3) is 0 Å². The summed E-state index contributed by atoms with van der Waals surface area (Å²) >= 11 is 0. The number of likely N-dealkylation sites (tertiary alicyclic amines) is 1. The van der Waals surface area contributed by atoms with Gasteiger partial charge in [-0.25, -0.2) is 0 Å². The third-order valence-corrected chi connectivity index (χ3v) is 6.33. The monoisotopic (exact) mass is 372 g/mol. The van der Waals surface area contributed by atoms with Gasteiger partial charge in [0.1, 0.15) is 12.4 Å². The molecule has 2 unspecified atom stereocenters. The minimum atomic E-state index is 0.210. The molecule has 0 aromatic heterocycles. The molecule has 1 aliphatic heterocycles. The van der Waals surface area contributed by atoms with Crippen LogP contribution in [0.2, 0.25) is 0 Å². The van der Waals surface area contributed by atoms with E-state index in [1.54, 1.807) is 0 Å². The molecule has 0 spiro atoms. The summed E-state index contributed by atoms with van der Waals surface area (Å²) in [5, 5.41) is 3.68. The van der Waals surface area contributed by atoms with Crippen molar-refractivity contribution in [1.82, 2.24) is 10.2 Å². The highest BCUT2D eigenvalue weighted by molar-refractivity contribution is 5.37. The number of fused-ring (bicyclic) bond motifs is 1. The fourth-order valence-corrected chi connectivity index (χ4v) is 4.44. The van der Waals surface area contributed by atoms with E-state index in [1.807, 2.05) is 0 Å². The van der Waals surface area contributed by atoms with Gasteiger partial charge >= 0.3 is 0 Å². The third kappa shape index (κ3) is 6.50. The van der Waals surface area contributed by atoms with Crippen molar-refractivity contribution in [2.24, 2.45) is 11.8 Å². The van der Waals surface area contributed by atoms with Crippen LogP contribution in [0, 0.1) is 11.8 Å². The summed E-state index contributed by atoms with van der Waals surface area (Å²) in [5.41, 5.74) is 3.26. The molecule has 2 aliphatic rings. The second kappa shape index (κ2) is 9.43. The molecule has 0 amide bonds. The molecular formula is C24H40N2O. The van der Waals surface area contributed by atoms with Crippen molar-refractivity contribution in [3.8, 4) is 5.75 Å². The van der Waals surface area contributed by atoms with Crippen LogP contribution in [-0.2, 0) is 12.8 Å². The summed E-state index contributed by atoms with van der Waals surface area (Å²) in [6.45, 7) is 14.7. The Balaban J connectivity index is 1.47. The summed E-state index contributed by atoms with van der Waals surface area (Å²) in [6, 6.07) is 6.82. The van der Waals surface area contributed by atoms with Gasteiger partial charge in [-0.05, 0) is 108 Å². The number of piperidine rings is 1. The lowest BCUT2D eigenvalue weighted by Gasteiger charge is -2.32. The fraction of sp³-hybridized carbons (Fsp3) is 0.750. The molecule has 27 heavy (non-hydrogen) atoms. The minimum Gasteiger partial charge on any atom is -0.492 e. The first kappa shape index (κ1) is 20.7. The van der Waals surface area contributed by atoms with Crippen LogP contribution in [0.3, 0.4) is 0 Å². The van der Waals surface area contributed by atoms with E-state index in [-0.39, 0.29) is 5.54 Å². The van der Waals surface area contributed by atoms with Gasteiger partial charge in [-0.15, -0.1) is 0 Å². The van der Waals surface area contributed by atoms with Gasteiger partial charge in [-0.1, -0.05) is 19.4 Å². The van der Waals surface area contributed by atoms with Gasteiger partial charge in [0.2, 0.25) is 0 Å². The molecule has 1 aromatic rings. The highest BCUT2D eigenvalue weighted by atomic mass is 16.5. The Kier molecular flexibility index (Phi) is 7.22. The number of nitrogens with zero attached hydrogens (tertiary/aromatic N) is 1. The summed E-state index contributed by atoms with van der Waals surface area (Å²) < 4.78 is 6.07. The van der Waals surface area contributed by atoms with Crippen LogP contribution in [0.5, 0.6) is 5.75 Å². The SMILES string of the molecule is CC(CNC(C)(C)C)C1CCc2cc(OCCN3CCCCC3)ccc2C1. The molecule has 0 radical (unpaired) electrons. The highest BCUT2D eigenvalue weighted by Gasteiger charge is 2.24. The molecule has 1 aromatic carbocycles. The smallest absolute Gasteiger partial charge is 0.119 e. The van der Waals surface area contributed by atoms with Crippen LogP contribution in [-0.4, -0.2) is 43.2 Å². The molecule has 3 heteroatoms. The van der Waals surface area contributed by atoms with Crippen molar-refractivity contribution in [2.45, 2.75) is 71.8 Å². The molecular weight excluding hydrogens is 332 g/mol. The standard InChI is InChI=1S/C24H40N2O/c1-19(18-25-24(2,3)4)20-8-9-22-17-23(11-10-21(22)16-20)27-15-14-26-12-6-5-7-13-26/h10-11,17,19-20,25H,5-9,12-16,18H2,1-4H3. The van der Waals surface area contributed by atoms with Gasteiger partial charge < -0.3 is 10.1 Å². The maximum absolute atomic E-state index is 6.07. The predicted molar refractivity (Wildman–Crippen MR) is 115 cm³/mol. The normalized spacial score (nSPS) is 22.3. The van der Waals surface area contributed by atoms with Gasteiger partial charge in [-0.3, -0.25) is 4.90 Å². The summed E-state index contributed by atoms with van der Waals surface area (Å²) in [6.07, 6.45) is 7.82. The third-order valence-electron chi connectivity index (χ3n) is 6.33. The van der Waals surface area contributed by atoms with Crippen molar-refractivity contribution < 1.29 is 4.74 Å². The van der Waals surface area contributed by atoms with Gasteiger partial charge in [-0.2, -0.15) is 0 Å². The van der Waals surface area contributed by atoms with Crippen molar-refractivity contribution in [3.05, 3.63) is 29.3 Å². The lowest BCUT2D eigenvalue weighted by atomic mass is 9.77. The summed E-state index contributed by atoms with van der Waals surface area (Å²) in [4.78, 5) is 2.54. The number of aryl methyl sites for hydroxylation is 1. The van der Waals surface area contributed by atoms with Crippen LogP contribution in [0.1, 0.15) is 64.5 Å². The Morgan fingerprint density at radius 2 is 1.93 bits per heavy atom. The maximum atomic E-state index is 6.07.